The quantitative estimate of drug-likeness (QED) is 0.318. The Morgan fingerprint density at radius 2 is 1.96 bits per heavy atom. The third kappa shape index (κ3) is 4.47. The molecular formula is C16H20O9. The number of carboxylic acids is 1. The second kappa shape index (κ2) is 8.28. The molecule has 0 spiro atoms. The molecule has 2 rings (SSSR count). The van der Waals surface area contributed by atoms with Gasteiger partial charge in [-0.25, -0.2) is 4.79 Å². The Bertz CT molecular complexity index is 628. The zero-order valence-electron chi connectivity index (χ0n) is 13.3. The van der Waals surface area contributed by atoms with Crippen molar-refractivity contribution in [3.05, 3.63) is 35.6 Å². The molecule has 1 aromatic rings. The highest BCUT2D eigenvalue weighted by Crippen LogP contribution is 2.25. The molecule has 0 radical (unpaired) electrons. The van der Waals surface area contributed by atoms with Crippen LogP contribution < -0.4 is 4.74 Å². The summed E-state index contributed by atoms with van der Waals surface area (Å²) < 4.78 is 15.3. The highest BCUT2D eigenvalue weighted by molar-refractivity contribution is 5.89. The van der Waals surface area contributed by atoms with Gasteiger partial charge in [0, 0.05) is 0 Å². The zero-order valence-corrected chi connectivity index (χ0v) is 13.3. The van der Waals surface area contributed by atoms with Crippen LogP contribution >= 0.6 is 0 Å². The molecule has 0 unspecified atom stereocenters. The van der Waals surface area contributed by atoms with E-state index in [1.807, 2.05) is 0 Å². The Morgan fingerprint density at radius 3 is 2.56 bits per heavy atom. The van der Waals surface area contributed by atoms with Gasteiger partial charge in [0.05, 0.1) is 13.7 Å². The van der Waals surface area contributed by atoms with Crippen LogP contribution in [0.2, 0.25) is 0 Å². The van der Waals surface area contributed by atoms with E-state index in [1.54, 1.807) is 24.3 Å². The Labute approximate surface area is 143 Å². The van der Waals surface area contributed by atoms with Gasteiger partial charge in [-0.05, 0) is 23.8 Å². The molecule has 0 bridgehead atoms. The maximum atomic E-state index is 11.4. The van der Waals surface area contributed by atoms with E-state index >= 15 is 0 Å². The van der Waals surface area contributed by atoms with Crippen molar-refractivity contribution in [3.8, 4) is 5.75 Å². The molecule has 1 fully saturated rings. The van der Waals surface area contributed by atoms with E-state index in [4.69, 9.17) is 19.3 Å². The van der Waals surface area contributed by atoms with Crippen molar-refractivity contribution in [2.45, 2.75) is 30.7 Å². The highest BCUT2D eigenvalue weighted by Gasteiger charge is 2.45. The first-order valence-corrected chi connectivity index (χ1v) is 7.43. The van der Waals surface area contributed by atoms with E-state index in [0.29, 0.717) is 11.3 Å². The molecule has 1 aromatic carbocycles. The summed E-state index contributed by atoms with van der Waals surface area (Å²) in [6.45, 7) is -0.646. The molecule has 9 heteroatoms. The van der Waals surface area contributed by atoms with E-state index in [9.17, 15) is 25.2 Å². The van der Waals surface area contributed by atoms with Gasteiger partial charge in [-0.2, -0.15) is 0 Å². The minimum atomic E-state index is -1.70. The zero-order chi connectivity index (χ0) is 18.6. The van der Waals surface area contributed by atoms with Crippen LogP contribution in [0.25, 0.3) is 6.08 Å². The number of carboxylic acid groups (broad SMARTS) is 1. The Hall–Kier alpha value is -2.17. The number of rotatable bonds is 6. The molecule has 1 aliphatic rings. The van der Waals surface area contributed by atoms with Crippen molar-refractivity contribution in [2.24, 2.45) is 0 Å². The van der Waals surface area contributed by atoms with Crippen molar-refractivity contribution >= 4 is 12.0 Å². The normalized spacial score (nSPS) is 30.0. The summed E-state index contributed by atoms with van der Waals surface area (Å²) >= 11 is 0. The Kier molecular flexibility index (Phi) is 6.34. The summed E-state index contributed by atoms with van der Waals surface area (Å²) in [5, 5.41) is 47.8. The largest absolute Gasteiger partial charge is 0.497 e. The lowest BCUT2D eigenvalue weighted by molar-refractivity contribution is -0.291. The molecule has 1 heterocycles. The van der Waals surface area contributed by atoms with Gasteiger partial charge in [-0.1, -0.05) is 12.1 Å². The second-order valence-corrected chi connectivity index (χ2v) is 5.41. The average Bonchev–Trinajstić information content (AvgIpc) is 2.61. The first-order chi connectivity index (χ1) is 11.9. The number of aliphatic hydroxyl groups excluding tert-OH is 4. The number of hydrogen-bond acceptors (Lipinski definition) is 8. The molecule has 0 aromatic heterocycles. The molecule has 138 valence electrons. The van der Waals surface area contributed by atoms with E-state index in [0.717, 1.165) is 0 Å². The lowest BCUT2D eigenvalue weighted by atomic mass is 9.99. The number of aliphatic hydroxyl groups is 4. The molecule has 1 aliphatic heterocycles. The van der Waals surface area contributed by atoms with E-state index in [-0.39, 0.29) is 0 Å². The Balaban J connectivity index is 2.23. The van der Waals surface area contributed by atoms with E-state index in [1.165, 1.54) is 13.2 Å². The van der Waals surface area contributed by atoms with Crippen LogP contribution in [0.3, 0.4) is 0 Å². The fourth-order valence-corrected chi connectivity index (χ4v) is 2.32. The van der Waals surface area contributed by atoms with Gasteiger partial charge < -0.3 is 39.7 Å². The minimum Gasteiger partial charge on any atom is -0.497 e. The summed E-state index contributed by atoms with van der Waals surface area (Å²) in [6.07, 6.45) is -6.52. The maximum absolute atomic E-state index is 11.4. The summed E-state index contributed by atoms with van der Waals surface area (Å²) in [5.74, 6) is -1.48. The molecule has 0 aliphatic carbocycles. The van der Waals surface area contributed by atoms with Crippen molar-refractivity contribution in [1.82, 2.24) is 0 Å². The van der Waals surface area contributed by atoms with Gasteiger partial charge in [0.25, 0.3) is 0 Å². The number of methoxy groups -OCH3 is 1. The molecule has 5 N–H and O–H groups in total. The fourth-order valence-electron chi connectivity index (χ4n) is 2.32. The lowest BCUT2D eigenvalue weighted by Crippen LogP contribution is -2.59. The van der Waals surface area contributed by atoms with E-state index < -0.39 is 49.0 Å². The smallest absolute Gasteiger partial charge is 0.371 e. The molecule has 9 nitrogen and oxygen atoms in total. The van der Waals surface area contributed by atoms with E-state index in [2.05, 4.69) is 0 Å². The Morgan fingerprint density at radius 1 is 1.24 bits per heavy atom. The minimum absolute atomic E-state index is 0.460. The van der Waals surface area contributed by atoms with Crippen molar-refractivity contribution in [1.29, 1.82) is 0 Å². The molecule has 25 heavy (non-hydrogen) atoms. The van der Waals surface area contributed by atoms with Crippen molar-refractivity contribution in [2.75, 3.05) is 13.7 Å². The van der Waals surface area contributed by atoms with Gasteiger partial charge in [0.15, 0.2) is 0 Å². The second-order valence-electron chi connectivity index (χ2n) is 5.41. The van der Waals surface area contributed by atoms with Gasteiger partial charge in [0.1, 0.15) is 30.2 Å². The number of aliphatic carboxylic acids is 1. The average molecular weight is 356 g/mol. The number of ether oxygens (including phenoxy) is 3. The third-order valence-electron chi connectivity index (χ3n) is 3.69. The summed E-state index contributed by atoms with van der Waals surface area (Å²) in [7, 11) is 1.46. The first kappa shape index (κ1) is 19.2. The number of benzene rings is 1. The van der Waals surface area contributed by atoms with Crippen LogP contribution in [0, 0.1) is 0 Å². The molecular weight excluding hydrogens is 336 g/mol. The van der Waals surface area contributed by atoms with Crippen LogP contribution in [0.5, 0.6) is 5.75 Å². The maximum Gasteiger partial charge on any atom is 0.371 e. The van der Waals surface area contributed by atoms with Crippen molar-refractivity contribution < 1.29 is 44.5 Å². The van der Waals surface area contributed by atoms with Crippen LogP contribution in [0.4, 0.5) is 0 Å². The van der Waals surface area contributed by atoms with Crippen LogP contribution in [0.15, 0.2) is 30.0 Å². The summed E-state index contributed by atoms with van der Waals surface area (Å²) in [6, 6.07) is 6.51. The molecule has 0 amide bonds. The number of hydrogen-bond donors (Lipinski definition) is 5. The molecule has 5 atom stereocenters. The predicted molar refractivity (Wildman–Crippen MR) is 83.5 cm³/mol. The third-order valence-corrected chi connectivity index (χ3v) is 3.69. The topological polar surface area (TPSA) is 146 Å². The monoisotopic (exact) mass is 356 g/mol. The number of carbonyl (C=O) groups is 1. The van der Waals surface area contributed by atoms with Gasteiger partial charge in [-0.3, -0.25) is 0 Å². The van der Waals surface area contributed by atoms with Crippen LogP contribution in [0.1, 0.15) is 5.56 Å². The lowest BCUT2D eigenvalue weighted by Gasteiger charge is -2.39. The van der Waals surface area contributed by atoms with Gasteiger partial charge in [-0.15, -0.1) is 0 Å². The van der Waals surface area contributed by atoms with Crippen LogP contribution in [-0.4, -0.2) is 75.9 Å². The molecule has 1 saturated heterocycles. The summed E-state index contributed by atoms with van der Waals surface area (Å²) in [4.78, 5) is 11.4. The highest BCUT2D eigenvalue weighted by atomic mass is 16.7. The van der Waals surface area contributed by atoms with Gasteiger partial charge >= 0.3 is 5.97 Å². The fraction of sp³-hybridized carbons (Fsp3) is 0.438. The summed E-state index contributed by atoms with van der Waals surface area (Å²) in [5.41, 5.74) is 0.460. The predicted octanol–water partition coefficient (Wildman–Crippen LogP) is -1.06. The molecule has 0 saturated carbocycles. The van der Waals surface area contributed by atoms with Crippen molar-refractivity contribution in [3.63, 3.8) is 0 Å². The van der Waals surface area contributed by atoms with Gasteiger partial charge in [0.2, 0.25) is 12.0 Å². The van der Waals surface area contributed by atoms with Crippen LogP contribution in [-0.2, 0) is 14.3 Å². The SMILES string of the molecule is COc1cccc(/C=C(\O[C@H]2O[C@@H](CO)[C@H](O)[C@@H](O)[C@@H]2O)C(=O)O)c1. The first-order valence-electron chi connectivity index (χ1n) is 7.43. The standard InChI is InChI=1S/C16H20O9/c1-23-9-4-2-3-8(5-9)6-10(15(21)22)24-16-14(20)13(19)12(18)11(7-17)25-16/h2-6,11-14,16-20H,7H2,1H3,(H,21,22)/b10-6-/t11-,12-,13+,14-,16-/m0/s1.